The summed E-state index contributed by atoms with van der Waals surface area (Å²) in [6.45, 7) is 2.91. The average Bonchev–Trinajstić information content (AvgIpc) is 2.65. The van der Waals surface area contributed by atoms with Crippen molar-refractivity contribution in [1.29, 1.82) is 5.26 Å². The van der Waals surface area contributed by atoms with Crippen molar-refractivity contribution in [1.82, 2.24) is 5.32 Å². The molecule has 0 aromatic heterocycles. The molecule has 72 valence electrons. The maximum absolute atomic E-state index is 11.1. The lowest BCUT2D eigenvalue weighted by Crippen LogP contribution is -2.34. The second-order valence-corrected chi connectivity index (χ2v) is 3.23. The second kappa shape index (κ2) is 4.83. The largest absolute Gasteiger partial charge is 0.376 e. The number of rotatable bonds is 3. The summed E-state index contributed by atoms with van der Waals surface area (Å²) in [6.07, 6.45) is 2.21. The van der Waals surface area contributed by atoms with E-state index >= 15 is 0 Å². The number of amides is 1. The van der Waals surface area contributed by atoms with Crippen LogP contribution >= 0.6 is 0 Å². The number of hydrogen-bond acceptors (Lipinski definition) is 3. The van der Waals surface area contributed by atoms with E-state index in [0.717, 1.165) is 19.4 Å². The van der Waals surface area contributed by atoms with Gasteiger partial charge in [0, 0.05) is 13.2 Å². The van der Waals surface area contributed by atoms with Gasteiger partial charge < -0.3 is 10.1 Å². The highest BCUT2D eigenvalue weighted by atomic mass is 16.5. The normalized spacial score (nSPS) is 23.5. The topological polar surface area (TPSA) is 62.1 Å². The molecule has 1 rings (SSSR count). The molecule has 1 fully saturated rings. The van der Waals surface area contributed by atoms with Gasteiger partial charge in [0.2, 0.25) is 5.91 Å². The van der Waals surface area contributed by atoms with Crippen LogP contribution in [-0.4, -0.2) is 25.2 Å². The maximum atomic E-state index is 11.1. The minimum absolute atomic E-state index is 0.148. The van der Waals surface area contributed by atoms with Gasteiger partial charge in [-0.2, -0.15) is 5.26 Å². The summed E-state index contributed by atoms with van der Waals surface area (Å²) in [5, 5.41) is 11.1. The zero-order chi connectivity index (χ0) is 9.68. The van der Waals surface area contributed by atoms with Crippen molar-refractivity contribution >= 4 is 5.91 Å². The Hall–Kier alpha value is -1.08. The zero-order valence-corrected chi connectivity index (χ0v) is 7.75. The molecule has 0 aromatic rings. The third-order valence-corrected chi connectivity index (χ3v) is 2.11. The Morgan fingerprint density at radius 2 is 2.62 bits per heavy atom. The number of carbonyl (C=O) groups is 1. The first-order valence-corrected chi connectivity index (χ1v) is 4.53. The Labute approximate surface area is 77.9 Å². The highest BCUT2D eigenvalue weighted by Gasteiger charge is 2.17. The van der Waals surface area contributed by atoms with E-state index in [9.17, 15) is 4.79 Å². The molecular weight excluding hydrogens is 168 g/mol. The van der Waals surface area contributed by atoms with Crippen LogP contribution in [0.5, 0.6) is 0 Å². The second-order valence-electron chi connectivity index (χ2n) is 3.23. The quantitative estimate of drug-likeness (QED) is 0.689. The Kier molecular flexibility index (Phi) is 3.71. The van der Waals surface area contributed by atoms with E-state index in [1.54, 1.807) is 6.92 Å². The predicted octanol–water partition coefficient (Wildman–Crippen LogP) is 0.441. The van der Waals surface area contributed by atoms with Crippen LogP contribution in [0.4, 0.5) is 0 Å². The molecule has 1 amide bonds. The fraction of sp³-hybridized carbons (Fsp3) is 0.778. The molecule has 1 N–H and O–H groups in total. The lowest BCUT2D eigenvalue weighted by Gasteiger charge is -2.11. The first kappa shape index (κ1) is 10.0. The summed E-state index contributed by atoms with van der Waals surface area (Å²) in [6, 6.07) is 1.89. The van der Waals surface area contributed by atoms with Gasteiger partial charge in [-0.1, -0.05) is 0 Å². The van der Waals surface area contributed by atoms with Crippen LogP contribution in [0.1, 0.15) is 19.8 Å². The SMILES string of the molecule is CC(C#N)C(=O)NCC1CCCO1. The van der Waals surface area contributed by atoms with Gasteiger partial charge >= 0.3 is 0 Å². The summed E-state index contributed by atoms with van der Waals surface area (Å²) in [4.78, 5) is 11.1. The number of hydrogen-bond donors (Lipinski definition) is 1. The van der Waals surface area contributed by atoms with Crippen LogP contribution in [0.15, 0.2) is 0 Å². The molecule has 13 heavy (non-hydrogen) atoms. The first-order valence-electron chi connectivity index (χ1n) is 4.53. The summed E-state index contributed by atoms with van der Waals surface area (Å²) in [5.74, 6) is -0.778. The molecule has 2 unspecified atom stereocenters. The van der Waals surface area contributed by atoms with Gasteiger partial charge in [-0.25, -0.2) is 0 Å². The molecule has 4 nitrogen and oxygen atoms in total. The molecule has 1 aliphatic rings. The smallest absolute Gasteiger partial charge is 0.237 e. The monoisotopic (exact) mass is 182 g/mol. The number of ether oxygens (including phenoxy) is 1. The molecule has 0 bridgehead atoms. The number of carbonyl (C=O) groups excluding carboxylic acids is 1. The van der Waals surface area contributed by atoms with Gasteiger partial charge in [-0.15, -0.1) is 0 Å². The summed E-state index contributed by atoms with van der Waals surface area (Å²) >= 11 is 0. The molecule has 2 atom stereocenters. The van der Waals surface area contributed by atoms with E-state index in [-0.39, 0.29) is 12.0 Å². The van der Waals surface area contributed by atoms with Crippen molar-refractivity contribution in [2.24, 2.45) is 5.92 Å². The molecule has 0 spiro atoms. The third kappa shape index (κ3) is 3.03. The van der Waals surface area contributed by atoms with Crippen LogP contribution < -0.4 is 5.32 Å². The van der Waals surface area contributed by atoms with Crippen molar-refractivity contribution in [3.8, 4) is 6.07 Å². The fourth-order valence-corrected chi connectivity index (χ4v) is 1.23. The van der Waals surface area contributed by atoms with Crippen molar-refractivity contribution in [2.45, 2.75) is 25.9 Å². The van der Waals surface area contributed by atoms with E-state index in [1.165, 1.54) is 0 Å². The van der Waals surface area contributed by atoms with Crippen LogP contribution in [0, 0.1) is 17.2 Å². The zero-order valence-electron chi connectivity index (χ0n) is 7.75. The first-order chi connectivity index (χ1) is 6.24. The fourth-order valence-electron chi connectivity index (χ4n) is 1.23. The van der Waals surface area contributed by atoms with Gasteiger partial charge in [0.05, 0.1) is 12.2 Å². The van der Waals surface area contributed by atoms with Gasteiger partial charge in [-0.3, -0.25) is 4.79 Å². The lowest BCUT2D eigenvalue weighted by atomic mass is 10.2. The summed E-state index contributed by atoms with van der Waals surface area (Å²) < 4.78 is 5.32. The Bertz CT molecular complexity index is 216. The van der Waals surface area contributed by atoms with Crippen molar-refractivity contribution in [3.05, 3.63) is 0 Å². The van der Waals surface area contributed by atoms with Crippen LogP contribution in [0.2, 0.25) is 0 Å². The number of nitrogens with one attached hydrogen (secondary N) is 1. The number of nitrogens with zero attached hydrogens (tertiary/aromatic N) is 1. The van der Waals surface area contributed by atoms with Gasteiger partial charge in [0.25, 0.3) is 0 Å². The Morgan fingerprint density at radius 1 is 1.85 bits per heavy atom. The molecule has 0 aromatic carbocycles. The minimum Gasteiger partial charge on any atom is -0.376 e. The molecule has 1 heterocycles. The molecule has 0 saturated carbocycles. The van der Waals surface area contributed by atoms with Crippen molar-refractivity contribution in [2.75, 3.05) is 13.2 Å². The maximum Gasteiger partial charge on any atom is 0.237 e. The molecule has 1 aliphatic heterocycles. The highest BCUT2D eigenvalue weighted by Crippen LogP contribution is 2.10. The standard InChI is InChI=1S/C9H14N2O2/c1-7(5-10)9(12)11-6-8-3-2-4-13-8/h7-8H,2-4,6H2,1H3,(H,11,12). The van der Waals surface area contributed by atoms with Gasteiger partial charge in [-0.05, 0) is 19.8 Å². The molecule has 1 saturated heterocycles. The molecule has 0 radical (unpaired) electrons. The van der Waals surface area contributed by atoms with Crippen molar-refractivity contribution < 1.29 is 9.53 Å². The van der Waals surface area contributed by atoms with E-state index in [4.69, 9.17) is 10.00 Å². The molecule has 0 aliphatic carbocycles. The lowest BCUT2D eigenvalue weighted by molar-refractivity contribution is -0.123. The average molecular weight is 182 g/mol. The predicted molar refractivity (Wildman–Crippen MR) is 46.8 cm³/mol. The van der Waals surface area contributed by atoms with Crippen LogP contribution in [0.3, 0.4) is 0 Å². The van der Waals surface area contributed by atoms with E-state index in [0.29, 0.717) is 6.54 Å². The number of nitriles is 1. The van der Waals surface area contributed by atoms with E-state index in [2.05, 4.69) is 5.32 Å². The molecular formula is C9H14N2O2. The van der Waals surface area contributed by atoms with Crippen molar-refractivity contribution in [3.63, 3.8) is 0 Å². The Morgan fingerprint density at radius 3 is 3.15 bits per heavy atom. The van der Waals surface area contributed by atoms with Crippen LogP contribution in [-0.2, 0) is 9.53 Å². The third-order valence-electron chi connectivity index (χ3n) is 2.11. The molecule has 4 heteroatoms. The Balaban J connectivity index is 2.18. The minimum atomic E-state index is -0.568. The van der Waals surface area contributed by atoms with Gasteiger partial charge in [0.15, 0.2) is 0 Å². The summed E-state index contributed by atoms with van der Waals surface area (Å²) in [7, 11) is 0. The highest BCUT2D eigenvalue weighted by molar-refractivity contribution is 5.80. The van der Waals surface area contributed by atoms with Crippen LogP contribution in [0.25, 0.3) is 0 Å². The summed E-state index contributed by atoms with van der Waals surface area (Å²) in [5.41, 5.74) is 0. The van der Waals surface area contributed by atoms with E-state index < -0.39 is 5.92 Å². The van der Waals surface area contributed by atoms with E-state index in [1.807, 2.05) is 6.07 Å². The van der Waals surface area contributed by atoms with Gasteiger partial charge in [0.1, 0.15) is 5.92 Å².